The molecule has 1 heterocycles. The lowest BCUT2D eigenvalue weighted by Gasteiger charge is -2.19. The van der Waals surface area contributed by atoms with Crippen LogP contribution in [0.5, 0.6) is 0 Å². The Morgan fingerprint density at radius 1 is 1.37 bits per heavy atom. The molecule has 140 valence electrons. The van der Waals surface area contributed by atoms with Crippen molar-refractivity contribution in [3.8, 4) is 6.07 Å². The van der Waals surface area contributed by atoms with Crippen LogP contribution in [0, 0.1) is 21.4 Å². The Morgan fingerprint density at radius 2 is 2.07 bits per heavy atom. The van der Waals surface area contributed by atoms with Crippen molar-refractivity contribution in [2.75, 3.05) is 25.0 Å². The van der Waals surface area contributed by atoms with E-state index in [4.69, 9.17) is 5.26 Å². The van der Waals surface area contributed by atoms with E-state index in [-0.39, 0.29) is 12.1 Å². The lowest BCUT2D eigenvalue weighted by atomic mass is 10.2. The summed E-state index contributed by atoms with van der Waals surface area (Å²) in [5.74, 6) is -0.455. The van der Waals surface area contributed by atoms with E-state index in [1.807, 2.05) is 37.4 Å². The molecule has 1 amide bonds. The third kappa shape index (κ3) is 5.40. The quantitative estimate of drug-likeness (QED) is 0.425. The molecule has 0 radical (unpaired) electrons. The molecule has 2 aromatic rings. The Morgan fingerprint density at radius 3 is 2.70 bits per heavy atom. The van der Waals surface area contributed by atoms with Gasteiger partial charge in [0, 0.05) is 31.9 Å². The fraction of sp³-hybridized carbons (Fsp3) is 0.278. The number of carbonyl (C=O) groups excluding carboxylic acids is 1. The number of aromatic nitrogens is 1. The molecule has 0 saturated carbocycles. The minimum absolute atomic E-state index is 0.374. The van der Waals surface area contributed by atoms with E-state index in [0.29, 0.717) is 13.0 Å². The van der Waals surface area contributed by atoms with E-state index in [1.54, 1.807) is 6.07 Å². The molecular weight excluding hydrogens is 350 g/mol. The van der Waals surface area contributed by atoms with Crippen LogP contribution in [0.15, 0.2) is 47.4 Å². The molecule has 9 nitrogen and oxygen atoms in total. The predicted octanol–water partition coefficient (Wildman–Crippen LogP) is 1.27. The second-order valence-corrected chi connectivity index (χ2v) is 5.87. The highest BCUT2D eigenvalue weighted by Crippen LogP contribution is 2.11. The molecule has 0 aliphatic rings. The van der Waals surface area contributed by atoms with Gasteiger partial charge in [0.1, 0.15) is 18.2 Å². The summed E-state index contributed by atoms with van der Waals surface area (Å²) in [7, 11) is 1.95. The Labute approximate surface area is 155 Å². The number of hydrogen-bond acceptors (Lipinski definition) is 6. The van der Waals surface area contributed by atoms with Crippen LogP contribution in [0.3, 0.4) is 0 Å². The number of rotatable bonds is 8. The summed E-state index contributed by atoms with van der Waals surface area (Å²) in [5, 5.41) is 22.5. The summed E-state index contributed by atoms with van der Waals surface area (Å²) in [4.78, 5) is 36.3. The molecule has 0 aliphatic heterocycles. The average Bonchev–Trinajstić information content (AvgIpc) is 2.67. The van der Waals surface area contributed by atoms with E-state index in [0.717, 1.165) is 29.1 Å². The molecule has 0 saturated heterocycles. The lowest BCUT2D eigenvalue weighted by Crippen LogP contribution is -2.34. The summed E-state index contributed by atoms with van der Waals surface area (Å²) < 4.78 is 0.877. The Balaban J connectivity index is 1.89. The molecule has 1 aromatic heterocycles. The van der Waals surface area contributed by atoms with Crippen LogP contribution in [0.4, 0.5) is 11.4 Å². The van der Waals surface area contributed by atoms with Crippen molar-refractivity contribution in [3.63, 3.8) is 0 Å². The predicted molar refractivity (Wildman–Crippen MR) is 99.4 cm³/mol. The molecule has 0 aliphatic carbocycles. The average molecular weight is 369 g/mol. The highest BCUT2D eigenvalue weighted by Gasteiger charge is 2.15. The Kier molecular flexibility index (Phi) is 6.66. The van der Waals surface area contributed by atoms with E-state index in [2.05, 4.69) is 10.2 Å². The zero-order valence-corrected chi connectivity index (χ0v) is 14.8. The van der Waals surface area contributed by atoms with Crippen molar-refractivity contribution in [2.24, 2.45) is 0 Å². The van der Waals surface area contributed by atoms with Crippen LogP contribution in [-0.2, 0) is 11.3 Å². The van der Waals surface area contributed by atoms with Crippen LogP contribution >= 0.6 is 0 Å². The summed E-state index contributed by atoms with van der Waals surface area (Å²) in [5.41, 5.74) is -0.456. The smallest absolute Gasteiger partial charge is 0.287 e. The number of nitriles is 1. The molecule has 9 heteroatoms. The largest absolute Gasteiger partial charge is 0.375 e. The van der Waals surface area contributed by atoms with Gasteiger partial charge in [-0.1, -0.05) is 18.2 Å². The molecule has 2 rings (SSSR count). The van der Waals surface area contributed by atoms with Crippen molar-refractivity contribution >= 4 is 17.3 Å². The highest BCUT2D eigenvalue weighted by atomic mass is 16.6. The highest BCUT2D eigenvalue weighted by molar-refractivity contribution is 5.75. The van der Waals surface area contributed by atoms with E-state index in [1.165, 1.54) is 0 Å². The van der Waals surface area contributed by atoms with E-state index < -0.39 is 22.1 Å². The first-order valence-corrected chi connectivity index (χ1v) is 8.24. The first kappa shape index (κ1) is 19.7. The molecule has 0 bridgehead atoms. The standard InChI is InChI=1S/C18H19N5O4/c1-21(15-6-3-2-4-7-15)9-5-8-20-17(24)13-22-12-16(23(26)27)10-14(11-19)18(22)25/h2-4,6-7,10,12H,5,8-9,13H2,1H3,(H,20,24). The third-order valence-electron chi connectivity index (χ3n) is 3.91. The second-order valence-electron chi connectivity index (χ2n) is 5.87. The number of amides is 1. The fourth-order valence-corrected chi connectivity index (χ4v) is 2.48. The number of anilines is 1. The van der Waals surface area contributed by atoms with Crippen LogP contribution in [0.2, 0.25) is 0 Å². The van der Waals surface area contributed by atoms with Gasteiger partial charge in [0.25, 0.3) is 11.2 Å². The van der Waals surface area contributed by atoms with Gasteiger partial charge >= 0.3 is 0 Å². The maximum Gasteiger partial charge on any atom is 0.287 e. The van der Waals surface area contributed by atoms with Crippen molar-refractivity contribution < 1.29 is 9.72 Å². The number of para-hydroxylation sites is 1. The van der Waals surface area contributed by atoms with Gasteiger partial charge < -0.3 is 10.2 Å². The molecule has 0 spiro atoms. The van der Waals surface area contributed by atoms with Gasteiger partial charge in [0.05, 0.1) is 11.1 Å². The molecule has 1 N–H and O–H groups in total. The first-order chi connectivity index (χ1) is 12.9. The van der Waals surface area contributed by atoms with Crippen LogP contribution in [-0.4, -0.2) is 35.5 Å². The van der Waals surface area contributed by atoms with Gasteiger partial charge in [-0.2, -0.15) is 5.26 Å². The van der Waals surface area contributed by atoms with Gasteiger partial charge in [0.2, 0.25) is 5.91 Å². The minimum atomic E-state index is -0.734. The zero-order valence-electron chi connectivity index (χ0n) is 14.8. The molecule has 1 aromatic carbocycles. The van der Waals surface area contributed by atoms with Gasteiger partial charge in [-0.3, -0.25) is 24.3 Å². The third-order valence-corrected chi connectivity index (χ3v) is 3.91. The van der Waals surface area contributed by atoms with Crippen molar-refractivity contribution in [1.29, 1.82) is 5.26 Å². The summed E-state index contributed by atoms with van der Waals surface area (Å²) >= 11 is 0. The summed E-state index contributed by atoms with van der Waals surface area (Å²) in [6.45, 7) is 0.730. The zero-order chi connectivity index (χ0) is 19.8. The normalized spacial score (nSPS) is 10.1. The Hall–Kier alpha value is -3.67. The maximum absolute atomic E-state index is 12.0. The molecule has 0 atom stereocenters. The molecule has 0 unspecified atom stereocenters. The SMILES string of the molecule is CN(CCCNC(=O)Cn1cc([N+](=O)[O-])cc(C#N)c1=O)c1ccccc1. The number of nitrogens with one attached hydrogen (secondary N) is 1. The summed E-state index contributed by atoms with van der Waals surface area (Å²) in [6, 6.07) is 12.3. The van der Waals surface area contributed by atoms with Crippen LogP contribution in [0.25, 0.3) is 0 Å². The molecule has 27 heavy (non-hydrogen) atoms. The van der Waals surface area contributed by atoms with Gasteiger partial charge in [0.15, 0.2) is 0 Å². The van der Waals surface area contributed by atoms with Crippen molar-refractivity contribution in [2.45, 2.75) is 13.0 Å². The van der Waals surface area contributed by atoms with Gasteiger partial charge in [-0.25, -0.2) is 0 Å². The monoisotopic (exact) mass is 369 g/mol. The van der Waals surface area contributed by atoms with E-state index >= 15 is 0 Å². The number of benzene rings is 1. The fourth-order valence-electron chi connectivity index (χ4n) is 2.48. The van der Waals surface area contributed by atoms with Crippen LogP contribution in [0.1, 0.15) is 12.0 Å². The van der Waals surface area contributed by atoms with Crippen molar-refractivity contribution in [3.05, 3.63) is 68.6 Å². The molecular formula is C18H19N5O4. The van der Waals surface area contributed by atoms with Crippen LogP contribution < -0.4 is 15.8 Å². The topological polar surface area (TPSA) is 121 Å². The summed E-state index contributed by atoms with van der Waals surface area (Å²) in [6.07, 6.45) is 1.65. The minimum Gasteiger partial charge on any atom is -0.375 e. The number of hydrogen-bond donors (Lipinski definition) is 1. The molecule has 0 fully saturated rings. The number of pyridine rings is 1. The number of carbonyl (C=O) groups is 1. The van der Waals surface area contributed by atoms with Gasteiger partial charge in [-0.05, 0) is 18.6 Å². The lowest BCUT2D eigenvalue weighted by molar-refractivity contribution is -0.385. The Bertz CT molecular complexity index is 918. The van der Waals surface area contributed by atoms with E-state index in [9.17, 15) is 19.7 Å². The second kappa shape index (κ2) is 9.15. The number of nitrogens with zero attached hydrogens (tertiary/aromatic N) is 4. The number of nitro groups is 1. The van der Waals surface area contributed by atoms with Gasteiger partial charge in [-0.15, -0.1) is 0 Å². The maximum atomic E-state index is 12.0. The van der Waals surface area contributed by atoms with Crippen molar-refractivity contribution in [1.82, 2.24) is 9.88 Å². The first-order valence-electron chi connectivity index (χ1n) is 8.24.